The molecule has 2 N–H and O–H groups in total. The fourth-order valence-corrected chi connectivity index (χ4v) is 5.10. The number of aryl methyl sites for hydroxylation is 2. The molecule has 3 aromatic rings. The van der Waals surface area contributed by atoms with E-state index in [1.165, 1.54) is 35.0 Å². The first-order valence-electron chi connectivity index (χ1n) is 10.5. The molecular weight excluding hydrogens is 447 g/mol. The molecule has 2 heterocycles. The molecule has 0 saturated heterocycles. The van der Waals surface area contributed by atoms with E-state index in [9.17, 15) is 22.4 Å². The number of fused-ring (bicyclic) bond motifs is 1. The Bertz CT molecular complexity index is 1350. The van der Waals surface area contributed by atoms with Crippen molar-refractivity contribution < 1.29 is 22.4 Å². The molecule has 0 aliphatic carbocycles. The lowest BCUT2D eigenvalue weighted by Crippen LogP contribution is -2.15. The highest BCUT2D eigenvalue weighted by atomic mass is 32.2. The van der Waals surface area contributed by atoms with E-state index in [1.54, 1.807) is 19.1 Å². The second-order valence-corrected chi connectivity index (χ2v) is 9.52. The first-order valence-corrected chi connectivity index (χ1v) is 12.0. The third kappa shape index (κ3) is 4.51. The van der Waals surface area contributed by atoms with Crippen LogP contribution in [0.4, 0.5) is 15.9 Å². The van der Waals surface area contributed by atoms with Gasteiger partial charge in [0.25, 0.3) is 10.0 Å². The minimum absolute atomic E-state index is 0.0259. The highest BCUT2D eigenvalue weighted by molar-refractivity contribution is 7.92. The van der Waals surface area contributed by atoms with Gasteiger partial charge in [-0.05, 0) is 54.8 Å². The molecule has 172 valence electrons. The Morgan fingerprint density at radius 1 is 1.12 bits per heavy atom. The Labute approximate surface area is 190 Å². The molecule has 0 fully saturated rings. The normalized spacial score (nSPS) is 13.9. The first-order chi connectivity index (χ1) is 15.7. The molecule has 0 unspecified atom stereocenters. The molecule has 1 aliphatic heterocycles. The van der Waals surface area contributed by atoms with Crippen molar-refractivity contribution >= 4 is 33.3 Å². The SMILES string of the molecule is CCCc1nn2c(c1-c1ccc(C)c(S(=O)(=O)Nc3ccc(F)cc3)c1)NC(=O)CCC2=O. The zero-order valence-corrected chi connectivity index (χ0v) is 19.0. The van der Waals surface area contributed by atoms with Crippen LogP contribution in [0.25, 0.3) is 11.1 Å². The standard InChI is InChI=1S/C23H23FN4O4S/c1-3-4-18-22(23-25-20(29)11-12-21(30)28(23)26-18)15-6-5-14(2)19(13-15)33(31,32)27-17-9-7-16(24)8-10-17/h5-10,13,27H,3-4,11-12H2,1-2H3,(H,25,29). The lowest BCUT2D eigenvalue weighted by Gasteiger charge is -2.13. The molecule has 1 aromatic heterocycles. The van der Waals surface area contributed by atoms with Gasteiger partial charge in [-0.25, -0.2) is 12.8 Å². The van der Waals surface area contributed by atoms with Gasteiger partial charge in [-0.2, -0.15) is 9.78 Å². The lowest BCUT2D eigenvalue weighted by atomic mass is 10.0. The van der Waals surface area contributed by atoms with Crippen LogP contribution in [0.5, 0.6) is 0 Å². The van der Waals surface area contributed by atoms with Gasteiger partial charge in [-0.3, -0.25) is 14.3 Å². The van der Waals surface area contributed by atoms with E-state index in [0.717, 1.165) is 6.42 Å². The van der Waals surface area contributed by atoms with E-state index in [-0.39, 0.29) is 41.1 Å². The molecular formula is C23H23FN4O4S. The van der Waals surface area contributed by atoms with Crippen molar-refractivity contribution in [2.24, 2.45) is 0 Å². The third-order valence-corrected chi connectivity index (χ3v) is 6.89. The van der Waals surface area contributed by atoms with Crippen LogP contribution in [0, 0.1) is 12.7 Å². The summed E-state index contributed by atoms with van der Waals surface area (Å²) < 4.78 is 43.1. The van der Waals surface area contributed by atoms with Crippen molar-refractivity contribution in [1.29, 1.82) is 0 Å². The number of hydrogen-bond donors (Lipinski definition) is 2. The summed E-state index contributed by atoms with van der Waals surface area (Å²) in [6.45, 7) is 3.63. The van der Waals surface area contributed by atoms with E-state index in [0.29, 0.717) is 28.8 Å². The van der Waals surface area contributed by atoms with E-state index in [2.05, 4.69) is 15.1 Å². The summed E-state index contributed by atoms with van der Waals surface area (Å²) in [6.07, 6.45) is 1.39. The van der Waals surface area contributed by atoms with Crippen LogP contribution in [-0.4, -0.2) is 30.0 Å². The molecule has 10 heteroatoms. The van der Waals surface area contributed by atoms with Gasteiger partial charge in [0.2, 0.25) is 11.8 Å². The van der Waals surface area contributed by atoms with Gasteiger partial charge in [-0.1, -0.05) is 25.5 Å². The molecule has 8 nitrogen and oxygen atoms in total. The van der Waals surface area contributed by atoms with Crippen LogP contribution in [0.1, 0.15) is 42.2 Å². The van der Waals surface area contributed by atoms with E-state index in [4.69, 9.17) is 0 Å². The molecule has 1 aliphatic rings. The zero-order valence-electron chi connectivity index (χ0n) is 18.2. The van der Waals surface area contributed by atoms with Crippen LogP contribution in [0.15, 0.2) is 47.4 Å². The molecule has 1 amide bonds. The van der Waals surface area contributed by atoms with Gasteiger partial charge in [-0.15, -0.1) is 0 Å². The van der Waals surface area contributed by atoms with Crippen LogP contribution in [-0.2, 0) is 21.2 Å². The van der Waals surface area contributed by atoms with Crippen molar-refractivity contribution in [2.45, 2.75) is 44.4 Å². The Balaban J connectivity index is 1.83. The maximum atomic E-state index is 13.2. The van der Waals surface area contributed by atoms with Crippen LogP contribution in [0.2, 0.25) is 0 Å². The van der Waals surface area contributed by atoms with Crippen molar-refractivity contribution in [3.05, 3.63) is 59.5 Å². The fraction of sp³-hybridized carbons (Fsp3) is 0.261. The second-order valence-electron chi connectivity index (χ2n) is 7.87. The monoisotopic (exact) mass is 470 g/mol. The summed E-state index contributed by atoms with van der Waals surface area (Å²) in [6, 6.07) is 9.91. The highest BCUT2D eigenvalue weighted by Crippen LogP contribution is 2.36. The lowest BCUT2D eigenvalue weighted by molar-refractivity contribution is -0.116. The maximum absolute atomic E-state index is 13.2. The van der Waals surface area contributed by atoms with Crippen molar-refractivity contribution in [3.63, 3.8) is 0 Å². The van der Waals surface area contributed by atoms with Gasteiger partial charge in [0, 0.05) is 24.1 Å². The molecule has 0 saturated carbocycles. The number of carbonyl (C=O) groups is 2. The average Bonchev–Trinajstić information content (AvgIpc) is 3.05. The van der Waals surface area contributed by atoms with Crippen LogP contribution in [0.3, 0.4) is 0 Å². The minimum Gasteiger partial charge on any atom is -0.310 e. The number of sulfonamides is 1. The van der Waals surface area contributed by atoms with Crippen molar-refractivity contribution in [2.75, 3.05) is 10.0 Å². The highest BCUT2D eigenvalue weighted by Gasteiger charge is 2.28. The maximum Gasteiger partial charge on any atom is 0.262 e. The Kier molecular flexibility index (Phi) is 6.03. The topological polar surface area (TPSA) is 110 Å². The summed E-state index contributed by atoms with van der Waals surface area (Å²) >= 11 is 0. The zero-order chi connectivity index (χ0) is 23.8. The fourth-order valence-electron chi connectivity index (χ4n) is 3.77. The molecule has 0 atom stereocenters. The predicted molar refractivity (Wildman–Crippen MR) is 122 cm³/mol. The number of halogens is 1. The molecule has 33 heavy (non-hydrogen) atoms. The molecule has 2 aromatic carbocycles. The number of amides is 1. The van der Waals surface area contributed by atoms with Crippen LogP contribution < -0.4 is 10.0 Å². The molecule has 0 bridgehead atoms. The summed E-state index contributed by atoms with van der Waals surface area (Å²) in [4.78, 5) is 24.8. The quantitative estimate of drug-likeness (QED) is 0.563. The number of rotatable bonds is 6. The number of hydrogen-bond acceptors (Lipinski definition) is 5. The molecule has 4 rings (SSSR count). The van der Waals surface area contributed by atoms with Gasteiger partial charge < -0.3 is 5.32 Å². The van der Waals surface area contributed by atoms with E-state index >= 15 is 0 Å². The summed E-state index contributed by atoms with van der Waals surface area (Å²) in [5.74, 6) is -0.822. The van der Waals surface area contributed by atoms with E-state index in [1.807, 2.05) is 6.92 Å². The van der Waals surface area contributed by atoms with Gasteiger partial charge in [0.05, 0.1) is 10.6 Å². The number of benzene rings is 2. The smallest absolute Gasteiger partial charge is 0.262 e. The van der Waals surface area contributed by atoms with Crippen molar-refractivity contribution in [1.82, 2.24) is 9.78 Å². The number of aromatic nitrogens is 2. The minimum atomic E-state index is -4.00. The van der Waals surface area contributed by atoms with Gasteiger partial charge >= 0.3 is 0 Å². The largest absolute Gasteiger partial charge is 0.310 e. The molecule has 0 radical (unpaired) electrons. The van der Waals surface area contributed by atoms with Gasteiger partial charge in [0.15, 0.2) is 0 Å². The average molecular weight is 471 g/mol. The summed E-state index contributed by atoms with van der Waals surface area (Å²) in [7, 11) is -4.00. The Hall–Kier alpha value is -3.53. The predicted octanol–water partition coefficient (Wildman–Crippen LogP) is 4.12. The van der Waals surface area contributed by atoms with Crippen LogP contribution >= 0.6 is 0 Å². The molecule has 0 spiro atoms. The second kappa shape index (κ2) is 8.78. The Morgan fingerprint density at radius 3 is 2.55 bits per heavy atom. The van der Waals surface area contributed by atoms with E-state index < -0.39 is 15.8 Å². The van der Waals surface area contributed by atoms with Crippen molar-refractivity contribution in [3.8, 4) is 11.1 Å². The number of carbonyl (C=O) groups excluding carboxylic acids is 2. The summed E-state index contributed by atoms with van der Waals surface area (Å²) in [5.41, 5.74) is 2.37. The number of nitrogens with one attached hydrogen (secondary N) is 2. The van der Waals surface area contributed by atoms with Gasteiger partial charge in [0.1, 0.15) is 11.6 Å². The third-order valence-electron chi connectivity index (χ3n) is 5.37. The first kappa shape index (κ1) is 22.7. The Morgan fingerprint density at radius 2 is 1.85 bits per heavy atom. The number of anilines is 2. The summed E-state index contributed by atoms with van der Waals surface area (Å²) in [5, 5.41) is 7.19. The number of nitrogens with zero attached hydrogens (tertiary/aromatic N) is 2.